The van der Waals surface area contributed by atoms with E-state index >= 15 is 0 Å². The van der Waals surface area contributed by atoms with Crippen LogP contribution in [0.15, 0.2) is 18.2 Å². The highest BCUT2D eigenvalue weighted by molar-refractivity contribution is 6.03. The first-order chi connectivity index (χ1) is 9.56. The van der Waals surface area contributed by atoms with Crippen molar-refractivity contribution in [2.75, 3.05) is 18.1 Å². The Morgan fingerprint density at radius 3 is 2.95 bits per heavy atom. The largest absolute Gasteiger partial charge is 0.462 e. The van der Waals surface area contributed by atoms with Crippen molar-refractivity contribution in [2.24, 2.45) is 5.92 Å². The first-order valence-electron chi connectivity index (χ1n) is 6.30. The average molecular weight is 275 g/mol. The number of ether oxygens (including phenoxy) is 1. The van der Waals surface area contributed by atoms with E-state index in [0.29, 0.717) is 12.2 Å². The summed E-state index contributed by atoms with van der Waals surface area (Å²) < 4.78 is 18.2. The van der Waals surface area contributed by atoms with Crippen molar-refractivity contribution in [3.63, 3.8) is 0 Å². The van der Waals surface area contributed by atoms with E-state index in [1.165, 1.54) is 17.0 Å². The SMILES string of the molecule is C#CC1CC(=O)N(c2ccc(F)cc2C(=O)OCC)C1. The van der Waals surface area contributed by atoms with Gasteiger partial charge in [-0.15, -0.1) is 12.3 Å². The first kappa shape index (κ1) is 14.1. The zero-order valence-electron chi connectivity index (χ0n) is 11.1. The average Bonchev–Trinajstić information content (AvgIpc) is 2.80. The summed E-state index contributed by atoms with van der Waals surface area (Å²) in [7, 11) is 0. The van der Waals surface area contributed by atoms with Crippen molar-refractivity contribution in [3.05, 3.63) is 29.6 Å². The summed E-state index contributed by atoms with van der Waals surface area (Å²) >= 11 is 0. The van der Waals surface area contributed by atoms with Crippen LogP contribution in [0.1, 0.15) is 23.7 Å². The monoisotopic (exact) mass is 275 g/mol. The molecule has 0 bridgehead atoms. The molecule has 1 aliphatic rings. The van der Waals surface area contributed by atoms with Crippen molar-refractivity contribution >= 4 is 17.6 Å². The van der Waals surface area contributed by atoms with Gasteiger partial charge in [0, 0.05) is 18.9 Å². The van der Waals surface area contributed by atoms with E-state index < -0.39 is 11.8 Å². The smallest absolute Gasteiger partial charge is 0.340 e. The number of carbonyl (C=O) groups excluding carboxylic acids is 2. The molecule has 104 valence electrons. The molecule has 0 spiro atoms. The minimum absolute atomic E-state index is 0.0397. The number of halogens is 1. The second kappa shape index (κ2) is 5.74. The molecular formula is C15H14FNO3. The van der Waals surface area contributed by atoms with Gasteiger partial charge in [0.1, 0.15) is 5.82 Å². The van der Waals surface area contributed by atoms with Crippen LogP contribution < -0.4 is 4.90 Å². The topological polar surface area (TPSA) is 46.6 Å². The standard InChI is InChI=1S/C15H14FNO3/c1-3-10-7-14(18)17(9-10)13-6-5-11(16)8-12(13)15(19)20-4-2/h1,5-6,8,10H,4,7,9H2,2H3. The molecule has 4 nitrogen and oxygen atoms in total. The number of benzene rings is 1. The Bertz CT molecular complexity index is 591. The minimum atomic E-state index is -0.654. The maximum atomic E-state index is 13.3. The molecule has 2 rings (SSSR count). The summed E-state index contributed by atoms with van der Waals surface area (Å²) in [6.07, 6.45) is 5.56. The number of hydrogen-bond donors (Lipinski definition) is 0. The van der Waals surface area contributed by atoms with Crippen LogP contribution in [0.3, 0.4) is 0 Å². The van der Waals surface area contributed by atoms with E-state index in [0.717, 1.165) is 6.07 Å². The Kier molecular flexibility index (Phi) is 4.04. The molecule has 0 N–H and O–H groups in total. The van der Waals surface area contributed by atoms with Crippen LogP contribution in [0, 0.1) is 24.1 Å². The lowest BCUT2D eigenvalue weighted by Crippen LogP contribution is -2.27. The highest BCUT2D eigenvalue weighted by Crippen LogP contribution is 2.29. The molecule has 20 heavy (non-hydrogen) atoms. The van der Waals surface area contributed by atoms with E-state index in [4.69, 9.17) is 11.2 Å². The molecule has 0 saturated carbocycles. The molecule has 1 saturated heterocycles. The fraction of sp³-hybridized carbons (Fsp3) is 0.333. The normalized spacial score (nSPS) is 17.9. The Hall–Kier alpha value is -2.35. The second-order valence-electron chi connectivity index (χ2n) is 4.45. The summed E-state index contributed by atoms with van der Waals surface area (Å²) in [6.45, 7) is 2.16. The zero-order chi connectivity index (χ0) is 14.7. The maximum Gasteiger partial charge on any atom is 0.340 e. The molecule has 1 amide bonds. The third-order valence-electron chi connectivity index (χ3n) is 3.11. The number of esters is 1. The number of hydrogen-bond acceptors (Lipinski definition) is 3. The minimum Gasteiger partial charge on any atom is -0.462 e. The number of amides is 1. The van der Waals surface area contributed by atoms with Crippen LogP contribution in [-0.4, -0.2) is 25.0 Å². The summed E-state index contributed by atoms with van der Waals surface area (Å²) in [4.78, 5) is 25.2. The molecule has 1 fully saturated rings. The van der Waals surface area contributed by atoms with Gasteiger partial charge in [-0.1, -0.05) is 0 Å². The molecule has 0 aliphatic carbocycles. The van der Waals surface area contributed by atoms with E-state index in [2.05, 4.69) is 5.92 Å². The lowest BCUT2D eigenvalue weighted by Gasteiger charge is -2.19. The number of terminal acetylenes is 1. The van der Waals surface area contributed by atoms with Crippen LogP contribution in [0.4, 0.5) is 10.1 Å². The Morgan fingerprint density at radius 2 is 2.35 bits per heavy atom. The zero-order valence-corrected chi connectivity index (χ0v) is 11.1. The third-order valence-corrected chi connectivity index (χ3v) is 3.11. The van der Waals surface area contributed by atoms with Gasteiger partial charge < -0.3 is 9.64 Å². The Balaban J connectivity index is 2.39. The van der Waals surface area contributed by atoms with Crippen LogP contribution in [0.5, 0.6) is 0 Å². The van der Waals surface area contributed by atoms with Crippen LogP contribution in [0.25, 0.3) is 0 Å². The molecule has 1 atom stereocenters. The summed E-state index contributed by atoms with van der Waals surface area (Å²) in [5.74, 6) is 0.947. The lowest BCUT2D eigenvalue weighted by atomic mass is 10.1. The Morgan fingerprint density at radius 1 is 1.60 bits per heavy atom. The molecule has 0 aromatic heterocycles. The summed E-state index contributed by atoms with van der Waals surface area (Å²) in [5, 5.41) is 0. The molecule has 1 unspecified atom stereocenters. The maximum absolute atomic E-state index is 13.3. The van der Waals surface area contributed by atoms with Gasteiger partial charge in [-0.3, -0.25) is 4.79 Å². The van der Waals surface area contributed by atoms with Gasteiger partial charge >= 0.3 is 5.97 Å². The van der Waals surface area contributed by atoms with Gasteiger partial charge in [0.15, 0.2) is 0 Å². The fourth-order valence-corrected chi connectivity index (χ4v) is 2.17. The van der Waals surface area contributed by atoms with Crippen LogP contribution in [-0.2, 0) is 9.53 Å². The molecule has 0 radical (unpaired) electrons. The van der Waals surface area contributed by atoms with Crippen molar-refractivity contribution in [3.8, 4) is 12.3 Å². The van der Waals surface area contributed by atoms with Crippen LogP contribution in [0.2, 0.25) is 0 Å². The second-order valence-corrected chi connectivity index (χ2v) is 4.45. The van der Waals surface area contributed by atoms with Gasteiger partial charge in [0.2, 0.25) is 5.91 Å². The molecule has 5 heteroatoms. The van der Waals surface area contributed by atoms with Gasteiger partial charge in [-0.05, 0) is 25.1 Å². The quantitative estimate of drug-likeness (QED) is 0.626. The van der Waals surface area contributed by atoms with Crippen molar-refractivity contribution in [1.82, 2.24) is 0 Å². The molecule has 1 aromatic rings. The molecule has 1 aromatic carbocycles. The summed E-state index contributed by atoms with van der Waals surface area (Å²) in [5.41, 5.74) is 0.380. The van der Waals surface area contributed by atoms with Gasteiger partial charge in [-0.25, -0.2) is 9.18 Å². The lowest BCUT2D eigenvalue weighted by molar-refractivity contribution is -0.117. The third kappa shape index (κ3) is 2.64. The van der Waals surface area contributed by atoms with E-state index in [1.54, 1.807) is 6.92 Å². The molecule has 1 aliphatic heterocycles. The van der Waals surface area contributed by atoms with Gasteiger partial charge in [0.25, 0.3) is 0 Å². The van der Waals surface area contributed by atoms with Crippen molar-refractivity contribution in [1.29, 1.82) is 0 Å². The number of rotatable bonds is 3. The predicted octanol–water partition coefficient (Wildman–Crippen LogP) is 1.99. The fourth-order valence-electron chi connectivity index (χ4n) is 2.17. The molecule has 1 heterocycles. The number of carbonyl (C=O) groups is 2. The predicted molar refractivity (Wildman–Crippen MR) is 71.6 cm³/mol. The van der Waals surface area contributed by atoms with E-state index in [-0.39, 0.29) is 30.4 Å². The summed E-state index contributed by atoms with van der Waals surface area (Å²) in [6, 6.07) is 3.68. The highest BCUT2D eigenvalue weighted by Gasteiger charge is 2.32. The van der Waals surface area contributed by atoms with Crippen molar-refractivity contribution in [2.45, 2.75) is 13.3 Å². The highest BCUT2D eigenvalue weighted by atomic mass is 19.1. The van der Waals surface area contributed by atoms with Crippen LogP contribution >= 0.6 is 0 Å². The number of nitrogens with zero attached hydrogens (tertiary/aromatic N) is 1. The first-order valence-corrected chi connectivity index (χ1v) is 6.30. The van der Waals surface area contributed by atoms with E-state index in [1.807, 2.05) is 0 Å². The van der Waals surface area contributed by atoms with Crippen molar-refractivity contribution < 1.29 is 18.7 Å². The Labute approximate surface area is 116 Å². The number of anilines is 1. The van der Waals surface area contributed by atoms with Gasteiger partial charge in [-0.2, -0.15) is 0 Å². The van der Waals surface area contributed by atoms with Gasteiger partial charge in [0.05, 0.1) is 17.9 Å². The molecular weight excluding hydrogens is 261 g/mol. The van der Waals surface area contributed by atoms with E-state index in [9.17, 15) is 14.0 Å².